The Morgan fingerprint density at radius 2 is 1.89 bits per heavy atom. The van der Waals surface area contributed by atoms with Gasteiger partial charge in [-0.3, -0.25) is 9.78 Å². The van der Waals surface area contributed by atoms with Gasteiger partial charge in [0.25, 0.3) is 5.91 Å². The van der Waals surface area contributed by atoms with Crippen molar-refractivity contribution >= 4 is 5.91 Å². The number of carbonyl (C=O) groups excluding carboxylic acids is 1. The zero-order valence-electron chi connectivity index (χ0n) is 20.5. The number of ether oxygens (including phenoxy) is 2. The quantitative estimate of drug-likeness (QED) is 0.416. The van der Waals surface area contributed by atoms with Gasteiger partial charge in [0.2, 0.25) is 0 Å². The van der Waals surface area contributed by atoms with Crippen molar-refractivity contribution in [2.45, 2.75) is 31.9 Å². The lowest BCUT2D eigenvalue weighted by Crippen LogP contribution is -2.41. The predicted octanol–water partition coefficient (Wildman–Crippen LogP) is 5.73. The highest BCUT2D eigenvalue weighted by Gasteiger charge is 2.31. The van der Waals surface area contributed by atoms with E-state index in [0.717, 1.165) is 43.6 Å². The lowest BCUT2D eigenvalue weighted by atomic mass is 9.90. The Balaban J connectivity index is 1.31. The molecular weight excluding hydrogens is 485 g/mol. The fourth-order valence-corrected chi connectivity index (χ4v) is 4.52. The number of hydrogen-bond acceptors (Lipinski definition) is 5. The van der Waals surface area contributed by atoms with Gasteiger partial charge in [-0.1, -0.05) is 12.1 Å². The van der Waals surface area contributed by atoms with Crippen molar-refractivity contribution in [1.82, 2.24) is 9.88 Å². The largest absolute Gasteiger partial charge is 0.507 e. The van der Waals surface area contributed by atoms with Crippen LogP contribution >= 0.6 is 0 Å². The first-order chi connectivity index (χ1) is 17.7. The summed E-state index contributed by atoms with van der Waals surface area (Å²) in [6.07, 6.45) is 0.688. The molecule has 0 unspecified atom stereocenters. The molecular formula is C28H29F3N2O4. The minimum Gasteiger partial charge on any atom is -0.507 e. The number of aromatic nitrogens is 1. The molecule has 0 aliphatic carbocycles. The van der Waals surface area contributed by atoms with E-state index in [4.69, 9.17) is 9.47 Å². The topological polar surface area (TPSA) is 71.9 Å². The van der Waals surface area contributed by atoms with Crippen LogP contribution in [0.25, 0.3) is 11.3 Å². The zero-order valence-corrected chi connectivity index (χ0v) is 20.5. The predicted molar refractivity (Wildman–Crippen MR) is 132 cm³/mol. The Labute approximate surface area is 213 Å². The molecule has 2 heterocycles. The molecule has 37 heavy (non-hydrogen) atoms. The lowest BCUT2D eigenvalue weighted by molar-refractivity contribution is -0.137. The second-order valence-corrected chi connectivity index (χ2v) is 9.08. The first-order valence-corrected chi connectivity index (χ1v) is 12.1. The van der Waals surface area contributed by atoms with Crippen LogP contribution in [0.2, 0.25) is 0 Å². The van der Waals surface area contributed by atoms with Crippen molar-refractivity contribution in [3.63, 3.8) is 0 Å². The molecule has 196 valence electrons. The number of pyridine rings is 1. The number of aryl methyl sites for hydroxylation is 1. The van der Waals surface area contributed by atoms with Gasteiger partial charge in [0.05, 0.1) is 12.7 Å². The molecule has 0 spiro atoms. The molecule has 3 aromatic rings. The van der Waals surface area contributed by atoms with Gasteiger partial charge in [-0.25, -0.2) is 0 Å². The molecule has 9 heteroatoms. The van der Waals surface area contributed by atoms with Gasteiger partial charge < -0.3 is 19.5 Å². The molecule has 1 aliphatic rings. The van der Waals surface area contributed by atoms with Crippen molar-refractivity contribution < 1.29 is 32.5 Å². The monoisotopic (exact) mass is 514 g/mol. The molecule has 0 saturated carbocycles. The molecule has 6 nitrogen and oxygen atoms in total. The van der Waals surface area contributed by atoms with Crippen LogP contribution in [-0.2, 0) is 17.4 Å². The van der Waals surface area contributed by atoms with E-state index in [0.29, 0.717) is 25.1 Å². The van der Waals surface area contributed by atoms with Crippen LogP contribution in [0.5, 0.6) is 17.2 Å². The number of nitrogens with zero attached hydrogens (tertiary/aromatic N) is 2. The summed E-state index contributed by atoms with van der Waals surface area (Å²) >= 11 is 0. The van der Waals surface area contributed by atoms with Crippen molar-refractivity contribution in [3.8, 4) is 28.5 Å². The molecule has 1 N–H and O–H groups in total. The molecule has 1 aliphatic heterocycles. The molecule has 0 bridgehead atoms. The van der Waals surface area contributed by atoms with Crippen LogP contribution in [0, 0.1) is 5.92 Å². The van der Waals surface area contributed by atoms with Gasteiger partial charge in [0.15, 0.2) is 6.61 Å². The Bertz CT molecular complexity index is 1220. The fourth-order valence-electron chi connectivity index (χ4n) is 4.52. The third kappa shape index (κ3) is 6.72. The molecule has 0 radical (unpaired) electrons. The molecule has 4 rings (SSSR count). The van der Waals surface area contributed by atoms with Crippen molar-refractivity contribution in [1.29, 1.82) is 0 Å². The van der Waals surface area contributed by atoms with Crippen LogP contribution in [0.15, 0.2) is 60.8 Å². The molecule has 1 fully saturated rings. The van der Waals surface area contributed by atoms with Gasteiger partial charge in [-0.15, -0.1) is 0 Å². The van der Waals surface area contributed by atoms with E-state index in [1.165, 1.54) is 11.8 Å². The van der Waals surface area contributed by atoms with E-state index in [-0.39, 0.29) is 29.5 Å². The SMILES string of the molecule is COc1cccc(CCC2CCN(C(=O)COc3cccnc3-c3ccc(C(F)(F)F)cc3O)CC2)c1. The zero-order chi connectivity index (χ0) is 26.4. The minimum atomic E-state index is -4.57. The van der Waals surface area contributed by atoms with Crippen LogP contribution in [-0.4, -0.2) is 47.7 Å². The van der Waals surface area contributed by atoms with E-state index in [1.54, 1.807) is 24.1 Å². The number of rotatable bonds is 8. The Kier molecular flexibility index (Phi) is 8.21. The average molecular weight is 515 g/mol. The fraction of sp³-hybridized carbons (Fsp3) is 0.357. The number of methoxy groups -OCH3 is 1. The molecule has 2 aromatic carbocycles. The third-order valence-corrected chi connectivity index (χ3v) is 6.64. The Morgan fingerprint density at radius 1 is 1.11 bits per heavy atom. The number of amides is 1. The summed E-state index contributed by atoms with van der Waals surface area (Å²) in [6.45, 7) is 1.06. The normalized spacial score (nSPS) is 14.4. The summed E-state index contributed by atoms with van der Waals surface area (Å²) in [5.41, 5.74) is 0.525. The summed E-state index contributed by atoms with van der Waals surface area (Å²) in [4.78, 5) is 18.7. The van der Waals surface area contributed by atoms with Crippen molar-refractivity contribution in [2.24, 2.45) is 5.92 Å². The first-order valence-electron chi connectivity index (χ1n) is 12.1. The van der Waals surface area contributed by atoms with E-state index in [2.05, 4.69) is 11.1 Å². The van der Waals surface area contributed by atoms with Crippen LogP contribution < -0.4 is 9.47 Å². The average Bonchev–Trinajstić information content (AvgIpc) is 2.90. The maximum absolute atomic E-state index is 12.9. The van der Waals surface area contributed by atoms with E-state index in [9.17, 15) is 23.1 Å². The van der Waals surface area contributed by atoms with Gasteiger partial charge in [-0.2, -0.15) is 13.2 Å². The standard InChI is InChI=1S/C28H29F3N2O4/c1-36-22-5-2-4-20(16-22)8-7-19-11-14-33(15-12-19)26(35)18-37-25-6-3-13-32-27(25)23-10-9-21(17-24(23)34)28(29,30)31/h2-6,9-10,13,16-17,19,34H,7-8,11-12,14-15,18H2,1H3. The highest BCUT2D eigenvalue weighted by atomic mass is 19.4. The summed E-state index contributed by atoms with van der Waals surface area (Å²) < 4.78 is 49.8. The second kappa shape index (κ2) is 11.5. The maximum atomic E-state index is 12.9. The number of phenols is 1. The highest BCUT2D eigenvalue weighted by Crippen LogP contribution is 2.38. The lowest BCUT2D eigenvalue weighted by Gasteiger charge is -2.32. The summed E-state index contributed by atoms with van der Waals surface area (Å²) in [6, 6.07) is 13.9. The van der Waals surface area contributed by atoms with Gasteiger partial charge in [-0.05, 0) is 79.6 Å². The number of hydrogen-bond donors (Lipinski definition) is 1. The molecule has 1 saturated heterocycles. The summed E-state index contributed by atoms with van der Waals surface area (Å²) in [5, 5.41) is 10.2. The smallest absolute Gasteiger partial charge is 0.416 e. The minimum absolute atomic E-state index is 0.0906. The van der Waals surface area contributed by atoms with Gasteiger partial charge in [0, 0.05) is 24.8 Å². The van der Waals surface area contributed by atoms with Gasteiger partial charge >= 0.3 is 6.18 Å². The van der Waals surface area contributed by atoms with Gasteiger partial charge in [0.1, 0.15) is 22.9 Å². The number of halogens is 3. The number of piperidine rings is 1. The van der Waals surface area contributed by atoms with E-state index >= 15 is 0 Å². The number of likely N-dealkylation sites (tertiary alicyclic amines) is 1. The number of benzene rings is 2. The van der Waals surface area contributed by atoms with Crippen LogP contribution in [0.3, 0.4) is 0 Å². The third-order valence-electron chi connectivity index (χ3n) is 6.64. The Morgan fingerprint density at radius 3 is 2.59 bits per heavy atom. The van der Waals surface area contributed by atoms with Crippen LogP contribution in [0.1, 0.15) is 30.4 Å². The first kappa shape index (κ1) is 26.3. The van der Waals surface area contributed by atoms with Crippen molar-refractivity contribution in [3.05, 3.63) is 71.9 Å². The number of carbonyl (C=O) groups is 1. The van der Waals surface area contributed by atoms with Crippen molar-refractivity contribution in [2.75, 3.05) is 26.8 Å². The molecule has 0 atom stereocenters. The number of aromatic hydroxyl groups is 1. The number of phenolic OH excluding ortho intramolecular Hbond substituents is 1. The van der Waals surface area contributed by atoms with E-state index in [1.807, 2.05) is 18.2 Å². The molecule has 1 aromatic heterocycles. The Hall–Kier alpha value is -3.75. The second-order valence-electron chi connectivity index (χ2n) is 9.08. The summed E-state index contributed by atoms with van der Waals surface area (Å²) in [7, 11) is 1.66. The van der Waals surface area contributed by atoms with Crippen LogP contribution in [0.4, 0.5) is 13.2 Å². The highest BCUT2D eigenvalue weighted by molar-refractivity contribution is 5.78. The van der Waals surface area contributed by atoms with E-state index < -0.39 is 17.5 Å². The number of alkyl halides is 3. The summed E-state index contributed by atoms with van der Waals surface area (Å²) in [5.74, 6) is 0.851. The maximum Gasteiger partial charge on any atom is 0.416 e. The molecule has 1 amide bonds.